The zero-order valence-electron chi connectivity index (χ0n) is 9.18. The Labute approximate surface area is 94.3 Å². The van der Waals surface area contributed by atoms with Crippen LogP contribution in [0.25, 0.3) is 0 Å². The van der Waals surface area contributed by atoms with Gasteiger partial charge < -0.3 is 10.6 Å². The van der Waals surface area contributed by atoms with Crippen molar-refractivity contribution >= 4 is 5.69 Å². The largest absolute Gasteiger partial charge is 0.376 e. The van der Waals surface area contributed by atoms with Gasteiger partial charge in [0.15, 0.2) is 0 Å². The van der Waals surface area contributed by atoms with Crippen molar-refractivity contribution in [3.8, 4) is 6.07 Å². The lowest BCUT2D eigenvalue weighted by Crippen LogP contribution is -2.37. The molecule has 0 aliphatic carbocycles. The number of nitriles is 1. The molecule has 3 nitrogen and oxygen atoms in total. The fourth-order valence-electron chi connectivity index (χ4n) is 1.93. The Bertz CT molecular complexity index is 430. The van der Waals surface area contributed by atoms with Gasteiger partial charge in [0, 0.05) is 12.1 Å². The van der Waals surface area contributed by atoms with E-state index in [4.69, 9.17) is 5.26 Å². The number of hydrogen-bond acceptors (Lipinski definition) is 3. The minimum Gasteiger partial charge on any atom is -0.376 e. The lowest BCUT2D eigenvalue weighted by molar-refractivity contribution is 0.554. The highest BCUT2D eigenvalue weighted by Gasteiger charge is 2.28. The van der Waals surface area contributed by atoms with Gasteiger partial charge in [-0.25, -0.2) is 4.39 Å². The van der Waals surface area contributed by atoms with E-state index in [1.807, 2.05) is 6.07 Å². The van der Waals surface area contributed by atoms with E-state index >= 15 is 0 Å². The second-order valence-electron chi connectivity index (χ2n) is 4.42. The molecule has 4 heteroatoms. The molecular weight excluding hydrogens is 205 g/mol. The van der Waals surface area contributed by atoms with Gasteiger partial charge in [0.1, 0.15) is 5.82 Å². The molecule has 84 valence electrons. The number of benzene rings is 1. The lowest BCUT2D eigenvalue weighted by atomic mass is 10.0. The van der Waals surface area contributed by atoms with E-state index in [1.165, 1.54) is 6.07 Å². The molecular formula is C12H14FN3. The molecule has 1 aliphatic heterocycles. The summed E-state index contributed by atoms with van der Waals surface area (Å²) in [6, 6.07) is 6.42. The van der Waals surface area contributed by atoms with E-state index in [0.29, 0.717) is 11.3 Å². The van der Waals surface area contributed by atoms with Crippen LogP contribution in [0.1, 0.15) is 18.9 Å². The Kier molecular flexibility index (Phi) is 2.80. The highest BCUT2D eigenvalue weighted by Crippen LogP contribution is 2.23. The maximum Gasteiger partial charge on any atom is 0.147 e. The molecule has 0 bridgehead atoms. The standard InChI is InChI=1S/C12H14FN3/c1-12(4-5-15-8-12)16-11-3-2-9(7-14)6-10(11)13/h2-3,6,15-16H,4-5,8H2,1H3. The quantitative estimate of drug-likeness (QED) is 0.798. The number of anilines is 1. The smallest absolute Gasteiger partial charge is 0.147 e. The van der Waals surface area contributed by atoms with Gasteiger partial charge in [-0.2, -0.15) is 5.26 Å². The topological polar surface area (TPSA) is 47.9 Å². The zero-order chi connectivity index (χ0) is 11.6. The maximum atomic E-state index is 13.6. The second kappa shape index (κ2) is 4.11. The van der Waals surface area contributed by atoms with Crippen molar-refractivity contribution in [3.63, 3.8) is 0 Å². The molecule has 2 N–H and O–H groups in total. The molecule has 2 rings (SSSR count). The van der Waals surface area contributed by atoms with E-state index in [-0.39, 0.29) is 11.4 Å². The van der Waals surface area contributed by atoms with Crippen LogP contribution in [0.2, 0.25) is 0 Å². The van der Waals surface area contributed by atoms with Gasteiger partial charge in [-0.15, -0.1) is 0 Å². The maximum absolute atomic E-state index is 13.6. The normalized spacial score (nSPS) is 24.1. The summed E-state index contributed by atoms with van der Waals surface area (Å²) in [7, 11) is 0. The molecule has 1 fully saturated rings. The summed E-state index contributed by atoms with van der Waals surface area (Å²) in [5.41, 5.74) is 0.706. The minimum atomic E-state index is -0.368. The van der Waals surface area contributed by atoms with Gasteiger partial charge >= 0.3 is 0 Å². The average Bonchev–Trinajstić information content (AvgIpc) is 2.68. The number of nitrogens with zero attached hydrogens (tertiary/aromatic N) is 1. The molecule has 1 aliphatic rings. The fraction of sp³-hybridized carbons (Fsp3) is 0.417. The zero-order valence-corrected chi connectivity index (χ0v) is 9.18. The van der Waals surface area contributed by atoms with E-state index in [0.717, 1.165) is 19.5 Å². The van der Waals surface area contributed by atoms with Gasteiger partial charge in [-0.05, 0) is 38.1 Å². The first-order valence-corrected chi connectivity index (χ1v) is 5.31. The van der Waals surface area contributed by atoms with Crippen molar-refractivity contribution in [2.75, 3.05) is 18.4 Å². The molecule has 0 amide bonds. The first-order valence-electron chi connectivity index (χ1n) is 5.31. The minimum absolute atomic E-state index is 0.102. The van der Waals surface area contributed by atoms with Crippen LogP contribution >= 0.6 is 0 Å². The van der Waals surface area contributed by atoms with Gasteiger partial charge in [0.2, 0.25) is 0 Å². The van der Waals surface area contributed by atoms with Crippen LogP contribution in [-0.2, 0) is 0 Å². The predicted molar refractivity (Wildman–Crippen MR) is 60.6 cm³/mol. The average molecular weight is 219 g/mol. The van der Waals surface area contributed by atoms with E-state index < -0.39 is 0 Å². The van der Waals surface area contributed by atoms with E-state index in [1.54, 1.807) is 12.1 Å². The van der Waals surface area contributed by atoms with Crippen molar-refractivity contribution in [1.82, 2.24) is 5.32 Å². The van der Waals surface area contributed by atoms with Crippen LogP contribution in [0.5, 0.6) is 0 Å². The first kappa shape index (κ1) is 10.9. The van der Waals surface area contributed by atoms with Crippen molar-refractivity contribution in [2.24, 2.45) is 0 Å². The van der Waals surface area contributed by atoms with Crippen LogP contribution in [0.4, 0.5) is 10.1 Å². The van der Waals surface area contributed by atoms with E-state index in [9.17, 15) is 4.39 Å². The number of nitrogens with one attached hydrogen (secondary N) is 2. The highest BCUT2D eigenvalue weighted by atomic mass is 19.1. The Morgan fingerprint density at radius 2 is 2.38 bits per heavy atom. The number of halogens is 1. The lowest BCUT2D eigenvalue weighted by Gasteiger charge is -2.26. The molecule has 0 saturated carbocycles. The Hall–Kier alpha value is -1.60. The van der Waals surface area contributed by atoms with Crippen LogP contribution < -0.4 is 10.6 Å². The number of rotatable bonds is 2. The Morgan fingerprint density at radius 3 is 2.94 bits per heavy atom. The van der Waals surface area contributed by atoms with E-state index in [2.05, 4.69) is 17.6 Å². The molecule has 1 unspecified atom stereocenters. The van der Waals surface area contributed by atoms with Gasteiger partial charge in [-0.3, -0.25) is 0 Å². The third-order valence-corrected chi connectivity index (χ3v) is 2.90. The molecule has 1 saturated heterocycles. The number of hydrogen-bond donors (Lipinski definition) is 2. The predicted octanol–water partition coefficient (Wildman–Crippen LogP) is 1.86. The summed E-state index contributed by atoms with van der Waals surface area (Å²) in [5.74, 6) is -0.368. The summed E-state index contributed by atoms with van der Waals surface area (Å²) < 4.78 is 13.6. The SMILES string of the molecule is CC1(Nc2ccc(C#N)cc2F)CCNC1. The summed E-state index contributed by atoms with van der Waals surface area (Å²) in [4.78, 5) is 0. The third kappa shape index (κ3) is 2.15. The molecule has 0 radical (unpaired) electrons. The summed E-state index contributed by atoms with van der Waals surface area (Å²) in [6.07, 6.45) is 0.965. The van der Waals surface area contributed by atoms with Crippen molar-refractivity contribution in [3.05, 3.63) is 29.6 Å². The molecule has 1 aromatic carbocycles. The Balaban J connectivity index is 2.19. The van der Waals surface area contributed by atoms with Gasteiger partial charge in [0.05, 0.1) is 17.3 Å². The summed E-state index contributed by atoms with van der Waals surface area (Å²) in [6.45, 7) is 3.83. The van der Waals surface area contributed by atoms with Crippen molar-refractivity contribution < 1.29 is 4.39 Å². The van der Waals surface area contributed by atoms with Crippen molar-refractivity contribution in [2.45, 2.75) is 18.9 Å². The summed E-state index contributed by atoms with van der Waals surface area (Å²) >= 11 is 0. The first-order chi connectivity index (χ1) is 7.63. The second-order valence-corrected chi connectivity index (χ2v) is 4.42. The highest BCUT2D eigenvalue weighted by molar-refractivity contribution is 5.50. The third-order valence-electron chi connectivity index (χ3n) is 2.90. The molecule has 1 aromatic rings. The van der Waals surface area contributed by atoms with Crippen LogP contribution in [0, 0.1) is 17.1 Å². The van der Waals surface area contributed by atoms with Crippen LogP contribution in [-0.4, -0.2) is 18.6 Å². The monoisotopic (exact) mass is 219 g/mol. The van der Waals surface area contributed by atoms with Gasteiger partial charge in [-0.1, -0.05) is 0 Å². The molecule has 16 heavy (non-hydrogen) atoms. The van der Waals surface area contributed by atoms with Crippen LogP contribution in [0.3, 0.4) is 0 Å². The summed E-state index contributed by atoms with van der Waals surface area (Å²) in [5, 5.41) is 15.1. The van der Waals surface area contributed by atoms with Gasteiger partial charge in [0.25, 0.3) is 0 Å². The molecule has 1 atom stereocenters. The van der Waals surface area contributed by atoms with Crippen LogP contribution in [0.15, 0.2) is 18.2 Å². The Morgan fingerprint density at radius 1 is 1.56 bits per heavy atom. The fourth-order valence-corrected chi connectivity index (χ4v) is 1.93. The molecule has 1 heterocycles. The van der Waals surface area contributed by atoms with Crippen molar-refractivity contribution in [1.29, 1.82) is 5.26 Å². The molecule has 0 aromatic heterocycles. The molecule has 0 spiro atoms.